The Bertz CT molecular complexity index is 1790. The number of amides is 2. The summed E-state index contributed by atoms with van der Waals surface area (Å²) in [5.74, 6) is -2.14. The van der Waals surface area contributed by atoms with E-state index in [0.29, 0.717) is 12.3 Å². The number of nitrogens with zero attached hydrogens (tertiary/aromatic N) is 4. The van der Waals surface area contributed by atoms with Crippen LogP contribution in [0.25, 0.3) is 11.2 Å². The van der Waals surface area contributed by atoms with Gasteiger partial charge in [-0.15, -0.1) is 0 Å². The number of thiol groups is 1. The molecule has 0 spiro atoms. The van der Waals surface area contributed by atoms with Gasteiger partial charge in [-0.1, -0.05) is 13.8 Å². The highest BCUT2D eigenvalue weighted by atomic mass is 32.1. The second-order valence-corrected chi connectivity index (χ2v) is 17.3. The molecule has 0 saturated carbocycles. The van der Waals surface area contributed by atoms with Crippen LogP contribution in [0.15, 0.2) is 12.7 Å². The van der Waals surface area contributed by atoms with E-state index in [1.54, 1.807) is 0 Å². The number of aliphatic carboxylic acids is 1. The highest BCUT2D eigenvalue weighted by Gasteiger charge is 2.50. The minimum absolute atomic E-state index is 0.0363. The smallest absolute Gasteiger partial charge is 0.479 e. The maximum Gasteiger partial charge on any atom is 0.481 e. The van der Waals surface area contributed by atoms with E-state index in [0.717, 1.165) is 17.2 Å². The fraction of sp³-hybridized carbons (Fsp3) is 0.680. The summed E-state index contributed by atoms with van der Waals surface area (Å²) in [5, 5.41) is 42.6. The van der Waals surface area contributed by atoms with E-state index in [1.165, 1.54) is 27.7 Å². The summed E-state index contributed by atoms with van der Waals surface area (Å²) in [6.07, 6.45) is -6.74. The van der Waals surface area contributed by atoms with Crippen molar-refractivity contribution in [2.45, 2.75) is 70.4 Å². The summed E-state index contributed by atoms with van der Waals surface area (Å²) in [7, 11) is -16.3. The number of phosphoric ester groups is 3. The minimum atomic E-state index is -5.54. The van der Waals surface area contributed by atoms with Crippen molar-refractivity contribution in [2.24, 2.45) is 5.41 Å². The molecule has 55 heavy (non-hydrogen) atoms. The molecule has 1 fully saturated rings. The number of aliphatic hydroxyl groups excluding tert-OH is 2. The van der Waals surface area contributed by atoms with E-state index in [4.69, 9.17) is 29.7 Å². The van der Waals surface area contributed by atoms with Crippen LogP contribution in [0, 0.1) is 5.41 Å². The van der Waals surface area contributed by atoms with Crippen molar-refractivity contribution in [2.75, 3.05) is 37.8 Å². The van der Waals surface area contributed by atoms with Gasteiger partial charge in [-0.25, -0.2) is 33.4 Å². The van der Waals surface area contributed by atoms with Gasteiger partial charge in [-0.05, 0) is 13.8 Å². The Morgan fingerprint density at radius 3 is 2.20 bits per heavy atom. The molecule has 26 nitrogen and oxygen atoms in total. The van der Waals surface area contributed by atoms with Crippen molar-refractivity contribution >= 4 is 70.9 Å². The maximum absolute atomic E-state index is 12.6. The number of ether oxygens (including phenoxy) is 1. The fourth-order valence-electron chi connectivity index (χ4n) is 4.14. The van der Waals surface area contributed by atoms with Crippen LogP contribution in [0.3, 0.4) is 0 Å². The number of carbonyl (C=O) groups is 3. The molecule has 2 unspecified atom stereocenters. The number of carbonyl (C=O) groups excluding carboxylic acids is 2. The third kappa shape index (κ3) is 15.3. The standard InChI is InChI=1S/C21H36N7O16P3S.C4H8O3/c1-21(2,16(31)19(32)24-4-3-12(29)23-5-6-48)8-41-47(38,39)44-46(36,37)40-7-11-15(43-45(33,34)35)14(30)20(42-11)28-10-27-13-17(22)25-9-26-18(13)28;1-4(2,7)3(5)6/h9-11,14-16,20,30-31,48H,3-8H2,1-2H3,(H,23,29)(H,24,32)(H,36,37)(H,38,39)(H2,22,25,26)(H2,33,34,35);7H,1-2H3,(H,5,6)/t11-,14-,15-,16+,20-;/m1./s1. The summed E-state index contributed by atoms with van der Waals surface area (Å²) < 4.78 is 61.7. The van der Waals surface area contributed by atoms with Gasteiger partial charge in [-0.2, -0.15) is 16.9 Å². The van der Waals surface area contributed by atoms with Crippen LogP contribution in [-0.4, -0.2) is 139 Å². The number of aromatic nitrogens is 4. The molecule has 0 radical (unpaired) electrons. The largest absolute Gasteiger partial charge is 0.481 e. The topological polar surface area (TPSA) is 404 Å². The predicted molar refractivity (Wildman–Crippen MR) is 187 cm³/mol. The third-order valence-corrected chi connectivity index (χ3v) is 10.4. The predicted octanol–water partition coefficient (Wildman–Crippen LogP) is -1.82. The Balaban J connectivity index is 0.00000136. The Morgan fingerprint density at radius 1 is 1.04 bits per heavy atom. The van der Waals surface area contributed by atoms with Crippen LogP contribution in [0.5, 0.6) is 0 Å². The molecule has 2 aromatic heterocycles. The van der Waals surface area contributed by atoms with Crippen LogP contribution < -0.4 is 16.4 Å². The molecule has 2 aromatic rings. The van der Waals surface area contributed by atoms with Crippen LogP contribution in [0.2, 0.25) is 0 Å². The van der Waals surface area contributed by atoms with Gasteiger partial charge in [-0.3, -0.25) is 27.7 Å². The minimum Gasteiger partial charge on any atom is -0.479 e. The van der Waals surface area contributed by atoms with E-state index in [9.17, 15) is 57.9 Å². The highest BCUT2D eigenvalue weighted by Crippen LogP contribution is 2.61. The molecular weight excluding hydrogens is 827 g/mol. The van der Waals surface area contributed by atoms with E-state index in [2.05, 4.69) is 47.0 Å². The number of nitrogen functional groups attached to an aromatic ring is 1. The van der Waals surface area contributed by atoms with Gasteiger partial charge in [0.2, 0.25) is 11.8 Å². The van der Waals surface area contributed by atoms with Crippen molar-refractivity contribution in [1.29, 1.82) is 0 Å². The normalized spacial score (nSPS) is 21.8. The molecule has 0 aromatic carbocycles. The average Bonchev–Trinajstić information content (AvgIpc) is 3.61. The molecule has 12 N–H and O–H groups in total. The van der Waals surface area contributed by atoms with Crippen LogP contribution in [0.1, 0.15) is 40.3 Å². The van der Waals surface area contributed by atoms with Gasteiger partial charge in [0.25, 0.3) is 0 Å². The average molecular weight is 872 g/mol. The molecule has 3 rings (SSSR count). The quantitative estimate of drug-likeness (QED) is 0.0546. The zero-order chi connectivity index (χ0) is 42.2. The fourth-order valence-corrected chi connectivity index (χ4v) is 7.08. The lowest BCUT2D eigenvalue weighted by atomic mass is 9.87. The number of hydrogen-bond acceptors (Lipinski definition) is 19. The van der Waals surface area contributed by atoms with Gasteiger partial charge >= 0.3 is 29.4 Å². The first-order valence-electron chi connectivity index (χ1n) is 15.6. The molecule has 1 saturated heterocycles. The van der Waals surface area contributed by atoms with Crippen molar-refractivity contribution in [3.63, 3.8) is 0 Å². The van der Waals surface area contributed by atoms with Gasteiger partial charge < -0.3 is 61.1 Å². The zero-order valence-electron chi connectivity index (χ0n) is 29.5. The number of imidazole rings is 1. The van der Waals surface area contributed by atoms with Crippen LogP contribution >= 0.6 is 36.1 Å². The first kappa shape index (κ1) is 48.5. The molecule has 1 aliphatic heterocycles. The number of carboxylic acids is 1. The summed E-state index contributed by atoms with van der Waals surface area (Å²) >= 11 is 3.95. The van der Waals surface area contributed by atoms with Gasteiger partial charge in [0.05, 0.1) is 19.5 Å². The number of carboxylic acid groups (broad SMARTS) is 1. The Kier molecular flexibility index (Phi) is 17.3. The number of hydrogen-bond donors (Lipinski definition) is 12. The SMILES string of the molecule is CC(C)(COP(=O)(O)OP(=O)(O)OC[C@H]1O[C@@H](n2cnc3c(N)ncnc32)[C@H](O)[C@@H]1OP(=O)(O)O)[C@@H](O)C(=O)NCCC(=O)NCCS.CC(C)(O)C(=O)O. The molecule has 0 aliphatic carbocycles. The molecule has 2 amide bonds. The molecule has 3 heterocycles. The lowest BCUT2D eigenvalue weighted by Crippen LogP contribution is -2.46. The van der Waals surface area contributed by atoms with E-state index in [1.807, 2.05) is 0 Å². The van der Waals surface area contributed by atoms with Crippen molar-refractivity contribution < 1.29 is 90.7 Å². The molecule has 30 heteroatoms. The second-order valence-electron chi connectivity index (χ2n) is 12.7. The lowest BCUT2D eigenvalue weighted by molar-refractivity contribution is -0.154. The number of fused-ring (bicyclic) bond motifs is 1. The molecule has 314 valence electrons. The monoisotopic (exact) mass is 871 g/mol. The van der Waals surface area contributed by atoms with E-state index < -0.39 is 90.2 Å². The Labute approximate surface area is 317 Å². The van der Waals surface area contributed by atoms with Gasteiger partial charge in [0.15, 0.2) is 23.3 Å². The van der Waals surface area contributed by atoms with Crippen LogP contribution in [-0.2, 0) is 50.7 Å². The van der Waals surface area contributed by atoms with Crippen LogP contribution in [0.4, 0.5) is 5.82 Å². The summed E-state index contributed by atoms with van der Waals surface area (Å²) in [6, 6.07) is 0. The number of anilines is 1. The van der Waals surface area contributed by atoms with Crippen molar-refractivity contribution in [3.8, 4) is 0 Å². The first-order chi connectivity index (χ1) is 25.1. The molecule has 7 atom stereocenters. The molecule has 1 aliphatic rings. The maximum atomic E-state index is 12.6. The lowest BCUT2D eigenvalue weighted by Gasteiger charge is -2.30. The number of nitrogens with two attached hydrogens (primary N) is 1. The summed E-state index contributed by atoms with van der Waals surface area (Å²) in [5.41, 5.74) is 2.72. The first-order valence-corrected chi connectivity index (χ1v) is 20.7. The second kappa shape index (κ2) is 19.7. The third-order valence-electron chi connectivity index (χ3n) is 7.03. The number of aliphatic hydroxyl groups is 3. The van der Waals surface area contributed by atoms with Gasteiger partial charge in [0, 0.05) is 30.7 Å². The number of phosphoric acid groups is 3. The van der Waals surface area contributed by atoms with Crippen molar-refractivity contribution in [3.05, 3.63) is 12.7 Å². The van der Waals surface area contributed by atoms with E-state index in [-0.39, 0.29) is 35.9 Å². The van der Waals surface area contributed by atoms with Gasteiger partial charge in [0.1, 0.15) is 36.3 Å². The Morgan fingerprint density at radius 2 is 1.64 bits per heavy atom. The Hall–Kier alpha value is -2.68. The van der Waals surface area contributed by atoms with Crippen molar-refractivity contribution in [1.82, 2.24) is 30.2 Å². The highest BCUT2D eigenvalue weighted by molar-refractivity contribution is 7.80. The zero-order valence-corrected chi connectivity index (χ0v) is 33.1. The summed E-state index contributed by atoms with van der Waals surface area (Å²) in [4.78, 5) is 84.4. The summed E-state index contributed by atoms with van der Waals surface area (Å²) in [6.45, 7) is 3.16. The number of nitrogens with one attached hydrogen (secondary N) is 2. The molecular formula is C25H44N7O19P3S. The van der Waals surface area contributed by atoms with E-state index >= 15 is 0 Å². The molecule has 0 bridgehead atoms. The number of rotatable bonds is 19.